The van der Waals surface area contributed by atoms with E-state index in [0.29, 0.717) is 29.3 Å². The van der Waals surface area contributed by atoms with Crippen LogP contribution in [0, 0.1) is 5.92 Å². The molecule has 1 aliphatic carbocycles. The highest BCUT2D eigenvalue weighted by Gasteiger charge is 2.61. The minimum Gasteiger partial charge on any atom is -0.497 e. The summed E-state index contributed by atoms with van der Waals surface area (Å²) in [4.78, 5) is 60.0. The van der Waals surface area contributed by atoms with Crippen molar-refractivity contribution in [3.05, 3.63) is 96.6 Å². The summed E-state index contributed by atoms with van der Waals surface area (Å²) >= 11 is 0. The number of likely N-dealkylation sites (tertiary alicyclic amines) is 1. The van der Waals surface area contributed by atoms with Crippen molar-refractivity contribution in [3.8, 4) is 22.8 Å². The van der Waals surface area contributed by atoms with Gasteiger partial charge in [-0.2, -0.15) is 0 Å². The fraction of sp³-hybridized carbons (Fsp3) is 0.357. The molecule has 292 valence electrons. The van der Waals surface area contributed by atoms with Gasteiger partial charge in [-0.25, -0.2) is 18.1 Å². The fourth-order valence-electron chi connectivity index (χ4n) is 7.48. The molecule has 2 fully saturated rings. The molecule has 3 heterocycles. The number of ether oxygens (including phenoxy) is 2. The number of sulfonamides is 1. The van der Waals surface area contributed by atoms with Crippen LogP contribution in [0.3, 0.4) is 0 Å². The summed E-state index contributed by atoms with van der Waals surface area (Å²) in [7, 11) is -2.86. The second-order valence-corrected chi connectivity index (χ2v) is 16.2. The summed E-state index contributed by atoms with van der Waals surface area (Å²) < 4.78 is 41.3. The summed E-state index contributed by atoms with van der Waals surface area (Å²) in [6.45, 7) is 1.94. The van der Waals surface area contributed by atoms with E-state index in [2.05, 4.69) is 15.4 Å². The summed E-state index contributed by atoms with van der Waals surface area (Å²) in [5, 5.41) is 6.42. The number of methoxy groups -OCH3 is 1. The molecule has 2 bridgehead atoms. The molecular weight excluding hydrogens is 735 g/mol. The number of nitrogens with zero attached hydrogens (tertiary/aromatic N) is 2. The first kappa shape index (κ1) is 38.5. The SMILES string of the molecule is COc1ccc2c(O[C@@H]3C[C@@H](C(=O)N[C@]45C[C@H]4C=CCCCCCCNC(=O)c4cccc(c4)S(=O)(=O)NC5=O)N(C(C)=O)C3)cc(-c3ccccc3)nc2c1. The lowest BCUT2D eigenvalue weighted by molar-refractivity contribution is -0.138. The minimum atomic E-state index is -4.44. The van der Waals surface area contributed by atoms with Crippen LogP contribution in [-0.2, 0) is 24.4 Å². The number of hydrogen-bond donors (Lipinski definition) is 3. The molecule has 13 nitrogen and oxygen atoms in total. The number of hydrogen-bond acceptors (Lipinski definition) is 9. The summed E-state index contributed by atoms with van der Waals surface area (Å²) in [6.07, 6.45) is 7.77. The molecule has 3 N–H and O–H groups in total. The Morgan fingerprint density at radius 3 is 2.52 bits per heavy atom. The third-order valence-electron chi connectivity index (χ3n) is 10.7. The normalized spacial score (nSPS) is 23.8. The van der Waals surface area contributed by atoms with Crippen LogP contribution < -0.4 is 24.8 Å². The van der Waals surface area contributed by atoms with Gasteiger partial charge in [0, 0.05) is 54.5 Å². The Labute approximate surface area is 325 Å². The van der Waals surface area contributed by atoms with Crippen molar-refractivity contribution < 1.29 is 37.1 Å². The first-order valence-corrected chi connectivity index (χ1v) is 20.4. The van der Waals surface area contributed by atoms with Crippen molar-refractivity contribution in [1.29, 1.82) is 0 Å². The molecule has 0 spiro atoms. The fourth-order valence-corrected chi connectivity index (χ4v) is 8.57. The highest BCUT2D eigenvalue weighted by Crippen LogP contribution is 2.46. The van der Waals surface area contributed by atoms with E-state index in [1.54, 1.807) is 7.11 Å². The largest absolute Gasteiger partial charge is 0.497 e. The van der Waals surface area contributed by atoms with E-state index >= 15 is 0 Å². The Hall–Kier alpha value is -5.76. The highest BCUT2D eigenvalue weighted by atomic mass is 32.2. The predicted octanol–water partition coefficient (Wildman–Crippen LogP) is 4.91. The average Bonchev–Trinajstić information content (AvgIpc) is 3.72. The number of fused-ring (bicyclic) bond motifs is 4. The highest BCUT2D eigenvalue weighted by molar-refractivity contribution is 7.90. The smallest absolute Gasteiger partial charge is 0.264 e. The van der Waals surface area contributed by atoms with Crippen molar-refractivity contribution >= 4 is 44.6 Å². The van der Waals surface area contributed by atoms with Gasteiger partial charge in [0.25, 0.3) is 21.8 Å². The lowest BCUT2D eigenvalue weighted by Crippen LogP contribution is -2.56. The summed E-state index contributed by atoms with van der Waals surface area (Å²) in [5.41, 5.74) is 0.765. The molecule has 1 saturated carbocycles. The quantitative estimate of drug-likeness (QED) is 0.230. The van der Waals surface area contributed by atoms with Gasteiger partial charge in [-0.05, 0) is 56.0 Å². The summed E-state index contributed by atoms with van der Waals surface area (Å²) in [6, 6.07) is 21.4. The standard InChI is InChI=1S/C42H45N5O8S/c1-27(48)47-26-32(55-38-24-35(28-13-8-7-9-14-28)44-36-22-31(54-2)18-19-34(36)38)23-37(47)40(50)45-42-25-30(42)16-10-5-3-4-6-11-20-43-39(49)29-15-12-17-33(21-29)56(52,53)46-41(42)51/h7-10,12-19,21-22,24,30,32,37H,3-6,11,20,23,25-26H2,1-2H3,(H,43,49)(H,45,50)(H,46,51)/t30-,32-,37+,42-/m1/s1. The van der Waals surface area contributed by atoms with Crippen molar-refractivity contribution in [2.75, 3.05) is 20.2 Å². The van der Waals surface area contributed by atoms with Crippen LogP contribution in [-0.4, -0.2) is 79.8 Å². The van der Waals surface area contributed by atoms with Gasteiger partial charge in [-0.1, -0.05) is 61.4 Å². The van der Waals surface area contributed by atoms with Crippen LogP contribution in [0.15, 0.2) is 95.9 Å². The number of carbonyl (C=O) groups is 4. The van der Waals surface area contributed by atoms with Crippen LogP contribution >= 0.6 is 0 Å². The zero-order chi connectivity index (χ0) is 39.5. The molecule has 56 heavy (non-hydrogen) atoms. The number of nitrogens with one attached hydrogen (secondary N) is 3. The van der Waals surface area contributed by atoms with Crippen molar-refractivity contribution in [3.63, 3.8) is 0 Å². The zero-order valence-electron chi connectivity index (χ0n) is 31.3. The number of rotatable bonds is 6. The molecule has 4 atom stereocenters. The van der Waals surface area contributed by atoms with E-state index in [1.807, 2.05) is 66.7 Å². The maximum atomic E-state index is 14.2. The zero-order valence-corrected chi connectivity index (χ0v) is 32.1. The summed E-state index contributed by atoms with van der Waals surface area (Å²) in [5.74, 6) is -1.59. The molecule has 2 aliphatic heterocycles. The van der Waals surface area contributed by atoms with Crippen molar-refractivity contribution in [1.82, 2.24) is 25.2 Å². The monoisotopic (exact) mass is 779 g/mol. The van der Waals surface area contributed by atoms with Crippen LogP contribution in [0.4, 0.5) is 0 Å². The Bertz CT molecular complexity index is 2300. The lowest BCUT2D eigenvalue weighted by atomic mass is 10.1. The Morgan fingerprint density at radius 2 is 1.73 bits per heavy atom. The Morgan fingerprint density at radius 1 is 0.946 bits per heavy atom. The first-order valence-electron chi connectivity index (χ1n) is 18.9. The molecule has 1 aromatic heterocycles. The molecule has 4 amide bonds. The van der Waals surface area contributed by atoms with E-state index < -0.39 is 51.3 Å². The van der Waals surface area contributed by atoms with Gasteiger partial charge in [-0.3, -0.25) is 19.2 Å². The van der Waals surface area contributed by atoms with Gasteiger partial charge in [0.1, 0.15) is 29.2 Å². The van der Waals surface area contributed by atoms with Gasteiger partial charge < -0.3 is 25.0 Å². The molecule has 1 saturated heterocycles. The molecular formula is C42H45N5O8S. The van der Waals surface area contributed by atoms with Crippen molar-refractivity contribution in [2.24, 2.45) is 5.92 Å². The second kappa shape index (κ2) is 16.1. The van der Waals surface area contributed by atoms with E-state index in [1.165, 1.54) is 36.1 Å². The molecule has 0 unspecified atom stereocenters. The molecule has 3 aliphatic rings. The molecule has 14 heteroatoms. The van der Waals surface area contributed by atoms with E-state index in [0.717, 1.165) is 43.1 Å². The third-order valence-corrected chi connectivity index (χ3v) is 12.0. The number of carbonyl (C=O) groups excluding carboxylic acids is 4. The topological polar surface area (TPSA) is 173 Å². The predicted molar refractivity (Wildman–Crippen MR) is 209 cm³/mol. The number of amides is 4. The molecule has 0 radical (unpaired) electrons. The Kier molecular flexibility index (Phi) is 11.1. The van der Waals surface area contributed by atoms with Crippen LogP contribution in [0.25, 0.3) is 22.2 Å². The van der Waals surface area contributed by atoms with E-state index in [-0.39, 0.29) is 35.8 Å². The van der Waals surface area contributed by atoms with Crippen LogP contribution in [0.2, 0.25) is 0 Å². The van der Waals surface area contributed by atoms with Gasteiger partial charge in [0.2, 0.25) is 11.8 Å². The molecule has 3 aromatic carbocycles. The molecule has 4 aromatic rings. The van der Waals surface area contributed by atoms with Gasteiger partial charge >= 0.3 is 0 Å². The molecule has 7 rings (SSSR count). The minimum absolute atomic E-state index is 0.106. The average molecular weight is 780 g/mol. The lowest BCUT2D eigenvalue weighted by Gasteiger charge is -2.25. The van der Waals surface area contributed by atoms with E-state index in [9.17, 15) is 27.6 Å². The van der Waals surface area contributed by atoms with Gasteiger partial charge in [0.05, 0.1) is 29.8 Å². The number of pyridine rings is 1. The maximum absolute atomic E-state index is 14.2. The van der Waals surface area contributed by atoms with Crippen LogP contribution in [0.1, 0.15) is 62.2 Å². The number of allylic oxidation sites excluding steroid dienone is 1. The maximum Gasteiger partial charge on any atom is 0.264 e. The first-order chi connectivity index (χ1) is 27.0. The second-order valence-electron chi connectivity index (χ2n) is 14.5. The van der Waals surface area contributed by atoms with Gasteiger partial charge in [-0.15, -0.1) is 0 Å². The van der Waals surface area contributed by atoms with E-state index in [4.69, 9.17) is 14.5 Å². The number of benzene rings is 3. The third kappa shape index (κ3) is 8.25. The van der Waals surface area contributed by atoms with Crippen LogP contribution in [0.5, 0.6) is 11.5 Å². The van der Waals surface area contributed by atoms with Gasteiger partial charge in [0.15, 0.2) is 0 Å². The Balaban J connectivity index is 1.14. The number of aromatic nitrogens is 1. The van der Waals surface area contributed by atoms with Crippen molar-refractivity contribution in [2.45, 2.75) is 74.4 Å².